The van der Waals surface area contributed by atoms with Crippen LogP contribution in [0.25, 0.3) is 0 Å². The van der Waals surface area contributed by atoms with Gasteiger partial charge in [0.25, 0.3) is 0 Å². The molecule has 0 aromatic heterocycles. The molecule has 0 bridgehead atoms. The van der Waals surface area contributed by atoms with Crippen molar-refractivity contribution in [2.75, 3.05) is 25.4 Å². The predicted octanol–water partition coefficient (Wildman–Crippen LogP) is 1.90. The van der Waals surface area contributed by atoms with Crippen LogP contribution in [0.15, 0.2) is 0 Å². The summed E-state index contributed by atoms with van der Waals surface area (Å²) < 4.78 is 5.57. The SMILES string of the molecule is CC1OCCC1SCC1CCCNC1. The molecule has 3 atom stereocenters. The minimum absolute atomic E-state index is 0.483. The Labute approximate surface area is 91.2 Å². The molecule has 2 aliphatic heterocycles. The highest BCUT2D eigenvalue weighted by molar-refractivity contribution is 7.99. The van der Waals surface area contributed by atoms with Crippen LogP contribution in [0.5, 0.6) is 0 Å². The Morgan fingerprint density at radius 1 is 1.43 bits per heavy atom. The Bertz CT molecular complexity index is 171. The lowest BCUT2D eigenvalue weighted by atomic mass is 10.0. The van der Waals surface area contributed by atoms with E-state index in [0.717, 1.165) is 17.8 Å². The van der Waals surface area contributed by atoms with Crippen LogP contribution in [0, 0.1) is 5.92 Å². The molecule has 82 valence electrons. The summed E-state index contributed by atoms with van der Waals surface area (Å²) in [6, 6.07) is 0. The third-order valence-corrected chi connectivity index (χ3v) is 4.96. The molecule has 3 heteroatoms. The summed E-state index contributed by atoms with van der Waals surface area (Å²) in [5, 5.41) is 4.24. The second-order valence-corrected chi connectivity index (χ2v) is 5.72. The summed E-state index contributed by atoms with van der Waals surface area (Å²) in [5.74, 6) is 2.23. The van der Waals surface area contributed by atoms with Gasteiger partial charge in [-0.3, -0.25) is 0 Å². The van der Waals surface area contributed by atoms with Crippen molar-refractivity contribution in [1.29, 1.82) is 0 Å². The summed E-state index contributed by atoms with van der Waals surface area (Å²) in [5.41, 5.74) is 0. The second-order valence-electron chi connectivity index (χ2n) is 4.45. The fraction of sp³-hybridized carbons (Fsp3) is 1.00. The smallest absolute Gasteiger partial charge is 0.0666 e. The largest absolute Gasteiger partial charge is 0.377 e. The second kappa shape index (κ2) is 5.38. The average molecular weight is 215 g/mol. The molecule has 0 radical (unpaired) electrons. The summed E-state index contributed by atoms with van der Waals surface area (Å²) in [6.45, 7) is 5.64. The molecule has 0 aromatic carbocycles. The first-order valence-electron chi connectivity index (χ1n) is 5.80. The number of rotatable bonds is 3. The first-order chi connectivity index (χ1) is 6.86. The van der Waals surface area contributed by atoms with Crippen LogP contribution < -0.4 is 5.32 Å². The van der Waals surface area contributed by atoms with Gasteiger partial charge in [0.05, 0.1) is 6.10 Å². The van der Waals surface area contributed by atoms with Crippen LogP contribution in [0.4, 0.5) is 0 Å². The number of hydrogen-bond acceptors (Lipinski definition) is 3. The van der Waals surface area contributed by atoms with E-state index in [1.807, 2.05) is 0 Å². The van der Waals surface area contributed by atoms with Gasteiger partial charge >= 0.3 is 0 Å². The fourth-order valence-electron chi connectivity index (χ4n) is 2.26. The summed E-state index contributed by atoms with van der Waals surface area (Å²) in [6.07, 6.45) is 4.52. The van der Waals surface area contributed by atoms with Gasteiger partial charge in [0, 0.05) is 11.9 Å². The molecule has 14 heavy (non-hydrogen) atoms. The molecule has 0 spiro atoms. The third-order valence-electron chi connectivity index (χ3n) is 3.25. The standard InChI is InChI=1S/C11H21NOS/c1-9-11(4-6-13-9)14-8-10-3-2-5-12-7-10/h9-12H,2-8H2,1H3. The molecule has 0 amide bonds. The molecule has 2 rings (SSSR count). The maximum absolute atomic E-state index is 5.57. The van der Waals surface area contributed by atoms with Crippen molar-refractivity contribution < 1.29 is 4.74 Å². The molecule has 3 unspecified atom stereocenters. The lowest BCUT2D eigenvalue weighted by Gasteiger charge is -2.24. The fourth-order valence-corrected chi connectivity index (χ4v) is 3.67. The molecule has 2 saturated heterocycles. The number of nitrogens with one attached hydrogen (secondary N) is 1. The maximum Gasteiger partial charge on any atom is 0.0666 e. The van der Waals surface area contributed by atoms with E-state index in [4.69, 9.17) is 4.74 Å². The van der Waals surface area contributed by atoms with Crippen molar-refractivity contribution in [2.24, 2.45) is 5.92 Å². The van der Waals surface area contributed by atoms with Gasteiger partial charge in [-0.25, -0.2) is 0 Å². The van der Waals surface area contributed by atoms with E-state index in [1.165, 1.54) is 38.1 Å². The zero-order valence-electron chi connectivity index (χ0n) is 9.00. The lowest BCUT2D eigenvalue weighted by Crippen LogP contribution is -2.31. The Hall–Kier alpha value is 0.270. The normalized spacial score (nSPS) is 38.8. The van der Waals surface area contributed by atoms with Crippen LogP contribution in [-0.4, -0.2) is 36.8 Å². The molecular weight excluding hydrogens is 194 g/mol. The van der Waals surface area contributed by atoms with Gasteiger partial charge in [0.2, 0.25) is 0 Å². The molecule has 0 aliphatic carbocycles. The zero-order valence-corrected chi connectivity index (χ0v) is 9.81. The van der Waals surface area contributed by atoms with E-state index < -0.39 is 0 Å². The molecule has 0 aromatic rings. The zero-order chi connectivity index (χ0) is 9.80. The highest BCUT2D eigenvalue weighted by atomic mass is 32.2. The van der Waals surface area contributed by atoms with Gasteiger partial charge in [0.1, 0.15) is 0 Å². The number of hydrogen-bond donors (Lipinski definition) is 1. The topological polar surface area (TPSA) is 21.3 Å². The number of piperidine rings is 1. The maximum atomic E-state index is 5.57. The summed E-state index contributed by atoms with van der Waals surface area (Å²) in [7, 11) is 0. The van der Waals surface area contributed by atoms with Gasteiger partial charge in [-0.2, -0.15) is 11.8 Å². The lowest BCUT2D eigenvalue weighted by molar-refractivity contribution is 0.127. The Morgan fingerprint density at radius 2 is 2.36 bits per heavy atom. The third kappa shape index (κ3) is 2.88. The molecular formula is C11H21NOS. The van der Waals surface area contributed by atoms with Crippen molar-refractivity contribution in [3.63, 3.8) is 0 Å². The number of thioether (sulfide) groups is 1. The monoisotopic (exact) mass is 215 g/mol. The highest BCUT2D eigenvalue weighted by Gasteiger charge is 2.25. The van der Waals surface area contributed by atoms with Crippen LogP contribution in [-0.2, 0) is 4.74 Å². The van der Waals surface area contributed by atoms with Crippen molar-refractivity contribution in [3.05, 3.63) is 0 Å². The van der Waals surface area contributed by atoms with Gasteiger partial charge in [-0.05, 0) is 50.9 Å². The van der Waals surface area contributed by atoms with Crippen LogP contribution in [0.2, 0.25) is 0 Å². The molecule has 1 N–H and O–H groups in total. The predicted molar refractivity (Wildman–Crippen MR) is 61.9 cm³/mol. The Balaban J connectivity index is 1.65. The first-order valence-corrected chi connectivity index (χ1v) is 6.85. The van der Waals surface area contributed by atoms with Crippen LogP contribution >= 0.6 is 11.8 Å². The van der Waals surface area contributed by atoms with Gasteiger partial charge < -0.3 is 10.1 Å². The highest BCUT2D eigenvalue weighted by Crippen LogP contribution is 2.29. The minimum atomic E-state index is 0.483. The molecule has 2 fully saturated rings. The van der Waals surface area contributed by atoms with E-state index >= 15 is 0 Å². The molecule has 2 nitrogen and oxygen atoms in total. The number of ether oxygens (including phenoxy) is 1. The van der Waals surface area contributed by atoms with Crippen molar-refractivity contribution >= 4 is 11.8 Å². The van der Waals surface area contributed by atoms with E-state index in [-0.39, 0.29) is 0 Å². The Morgan fingerprint density at radius 3 is 3.00 bits per heavy atom. The van der Waals surface area contributed by atoms with Gasteiger partial charge in [-0.1, -0.05) is 0 Å². The van der Waals surface area contributed by atoms with E-state index in [1.54, 1.807) is 0 Å². The average Bonchev–Trinajstić information content (AvgIpc) is 2.63. The minimum Gasteiger partial charge on any atom is -0.377 e. The van der Waals surface area contributed by atoms with Crippen LogP contribution in [0.1, 0.15) is 26.2 Å². The van der Waals surface area contributed by atoms with Crippen LogP contribution in [0.3, 0.4) is 0 Å². The van der Waals surface area contributed by atoms with Crippen molar-refractivity contribution in [1.82, 2.24) is 5.32 Å². The van der Waals surface area contributed by atoms with Crippen molar-refractivity contribution in [3.8, 4) is 0 Å². The van der Waals surface area contributed by atoms with E-state index in [0.29, 0.717) is 6.10 Å². The van der Waals surface area contributed by atoms with Crippen molar-refractivity contribution in [2.45, 2.75) is 37.5 Å². The molecule has 2 heterocycles. The quantitative estimate of drug-likeness (QED) is 0.777. The van der Waals surface area contributed by atoms with E-state index in [9.17, 15) is 0 Å². The van der Waals surface area contributed by atoms with E-state index in [2.05, 4.69) is 24.0 Å². The van der Waals surface area contributed by atoms with Gasteiger partial charge in [-0.15, -0.1) is 0 Å². The molecule has 2 aliphatic rings. The first kappa shape index (κ1) is 10.8. The Kier molecular flexibility index (Phi) is 4.14. The molecule has 0 saturated carbocycles. The van der Waals surface area contributed by atoms with Gasteiger partial charge in [0.15, 0.2) is 0 Å². The summed E-state index contributed by atoms with van der Waals surface area (Å²) in [4.78, 5) is 0. The summed E-state index contributed by atoms with van der Waals surface area (Å²) >= 11 is 2.13.